The molecule has 2 atom stereocenters. The van der Waals surface area contributed by atoms with Gasteiger partial charge in [0.2, 0.25) is 5.91 Å². The van der Waals surface area contributed by atoms with Crippen LogP contribution in [0.4, 0.5) is 0 Å². The van der Waals surface area contributed by atoms with E-state index in [9.17, 15) is 9.59 Å². The summed E-state index contributed by atoms with van der Waals surface area (Å²) in [5.41, 5.74) is 5.95. The fourth-order valence-electron chi connectivity index (χ4n) is 3.41. The predicted octanol–water partition coefficient (Wildman–Crippen LogP) is 0.103. The summed E-state index contributed by atoms with van der Waals surface area (Å²) in [7, 11) is 0. The molecule has 0 aromatic carbocycles. The molecule has 6 nitrogen and oxygen atoms in total. The lowest BCUT2D eigenvalue weighted by atomic mass is 9.95. The van der Waals surface area contributed by atoms with E-state index >= 15 is 0 Å². The third-order valence-corrected chi connectivity index (χ3v) is 4.38. The topological polar surface area (TPSA) is 79.5 Å². The van der Waals surface area contributed by atoms with E-state index in [0.717, 1.165) is 25.9 Å². The summed E-state index contributed by atoms with van der Waals surface area (Å²) in [5, 5.41) is 0. The standard InChI is InChI=1S/C15H20N4O2/c16-14(20)10-18-7-11-3-4-13(18)9-19(8-11)15(21)12-2-1-5-17-6-12/h1-2,5-6,11,13H,3-4,7-10H2,(H2,16,20)/t11-,13-/m0/s1. The Morgan fingerprint density at radius 1 is 1.29 bits per heavy atom. The van der Waals surface area contributed by atoms with E-state index in [-0.39, 0.29) is 24.4 Å². The number of carbonyl (C=O) groups excluding carboxylic acids is 2. The first-order valence-corrected chi connectivity index (χ1v) is 7.35. The molecular formula is C15H20N4O2. The minimum absolute atomic E-state index is 0.0286. The molecule has 4 heterocycles. The van der Waals surface area contributed by atoms with Crippen molar-refractivity contribution in [1.29, 1.82) is 0 Å². The Morgan fingerprint density at radius 3 is 2.86 bits per heavy atom. The van der Waals surface area contributed by atoms with Gasteiger partial charge in [0.05, 0.1) is 12.1 Å². The highest BCUT2D eigenvalue weighted by Crippen LogP contribution is 2.28. The van der Waals surface area contributed by atoms with Crippen LogP contribution in [-0.2, 0) is 4.79 Å². The minimum atomic E-state index is -0.298. The highest BCUT2D eigenvalue weighted by atomic mass is 16.2. The Hall–Kier alpha value is -1.95. The van der Waals surface area contributed by atoms with Crippen LogP contribution in [0.1, 0.15) is 23.2 Å². The number of hydrogen-bond donors (Lipinski definition) is 1. The molecule has 21 heavy (non-hydrogen) atoms. The molecule has 2 bridgehead atoms. The molecule has 3 saturated heterocycles. The second-order valence-corrected chi connectivity index (χ2v) is 5.94. The molecule has 1 aromatic heterocycles. The van der Waals surface area contributed by atoms with Gasteiger partial charge in [-0.25, -0.2) is 0 Å². The summed E-state index contributed by atoms with van der Waals surface area (Å²) in [6, 6.07) is 3.81. The molecule has 0 aliphatic carbocycles. The third kappa shape index (κ3) is 3.05. The normalized spacial score (nSPS) is 25.6. The van der Waals surface area contributed by atoms with Gasteiger partial charge >= 0.3 is 0 Å². The lowest BCUT2D eigenvalue weighted by Gasteiger charge is -2.34. The monoisotopic (exact) mass is 288 g/mol. The van der Waals surface area contributed by atoms with Gasteiger partial charge < -0.3 is 10.6 Å². The number of rotatable bonds is 3. The number of aromatic nitrogens is 1. The second kappa shape index (κ2) is 5.81. The van der Waals surface area contributed by atoms with Crippen molar-refractivity contribution in [1.82, 2.24) is 14.8 Å². The summed E-state index contributed by atoms with van der Waals surface area (Å²) in [4.78, 5) is 31.8. The Bertz CT molecular complexity index is 534. The van der Waals surface area contributed by atoms with Crippen LogP contribution in [-0.4, -0.2) is 58.8 Å². The Balaban J connectivity index is 1.75. The molecule has 0 spiro atoms. The molecule has 6 heteroatoms. The van der Waals surface area contributed by atoms with E-state index in [1.807, 2.05) is 4.90 Å². The first-order valence-electron chi connectivity index (χ1n) is 7.35. The maximum Gasteiger partial charge on any atom is 0.255 e. The van der Waals surface area contributed by atoms with Gasteiger partial charge in [0.15, 0.2) is 0 Å². The largest absolute Gasteiger partial charge is 0.369 e. The number of hydrogen-bond acceptors (Lipinski definition) is 4. The van der Waals surface area contributed by atoms with Crippen molar-refractivity contribution in [3.05, 3.63) is 30.1 Å². The van der Waals surface area contributed by atoms with E-state index in [1.54, 1.807) is 24.5 Å². The zero-order valence-corrected chi connectivity index (χ0v) is 11.9. The number of pyridine rings is 1. The number of nitrogens with two attached hydrogens (primary N) is 1. The van der Waals surface area contributed by atoms with Crippen molar-refractivity contribution in [3.8, 4) is 0 Å². The van der Waals surface area contributed by atoms with Crippen LogP contribution < -0.4 is 5.73 Å². The van der Waals surface area contributed by atoms with E-state index in [0.29, 0.717) is 18.0 Å². The van der Waals surface area contributed by atoms with E-state index in [2.05, 4.69) is 9.88 Å². The van der Waals surface area contributed by atoms with Gasteiger partial charge in [-0.2, -0.15) is 0 Å². The van der Waals surface area contributed by atoms with Crippen LogP contribution in [0.3, 0.4) is 0 Å². The van der Waals surface area contributed by atoms with Crippen molar-refractivity contribution < 1.29 is 9.59 Å². The molecule has 3 aliphatic heterocycles. The Kier molecular flexibility index (Phi) is 3.88. The molecule has 3 fully saturated rings. The number of amides is 2. The fourth-order valence-corrected chi connectivity index (χ4v) is 3.41. The summed E-state index contributed by atoms with van der Waals surface area (Å²) in [6.07, 6.45) is 5.40. The molecule has 0 saturated carbocycles. The number of fused-ring (bicyclic) bond motifs is 4. The van der Waals surface area contributed by atoms with E-state index in [1.165, 1.54) is 0 Å². The van der Waals surface area contributed by atoms with Gasteiger partial charge in [0, 0.05) is 38.1 Å². The smallest absolute Gasteiger partial charge is 0.255 e. The number of primary amides is 1. The molecule has 1 aromatic rings. The van der Waals surface area contributed by atoms with Crippen LogP contribution in [0, 0.1) is 5.92 Å². The SMILES string of the molecule is NC(=O)CN1C[C@@H]2CC[C@H]1CN(C(=O)c1cccnc1)C2. The maximum absolute atomic E-state index is 12.6. The summed E-state index contributed by atoms with van der Waals surface area (Å²) in [6.45, 7) is 2.55. The van der Waals surface area contributed by atoms with Crippen LogP contribution in [0.2, 0.25) is 0 Å². The number of piperidine rings is 1. The predicted molar refractivity (Wildman–Crippen MR) is 77.4 cm³/mol. The van der Waals surface area contributed by atoms with Gasteiger partial charge in [0.25, 0.3) is 5.91 Å². The second-order valence-electron chi connectivity index (χ2n) is 5.94. The molecule has 0 radical (unpaired) electrons. The number of carbonyl (C=O) groups is 2. The Morgan fingerprint density at radius 2 is 2.14 bits per heavy atom. The van der Waals surface area contributed by atoms with Crippen LogP contribution in [0.5, 0.6) is 0 Å². The molecular weight excluding hydrogens is 268 g/mol. The first kappa shape index (κ1) is 14.0. The maximum atomic E-state index is 12.6. The molecule has 112 valence electrons. The summed E-state index contributed by atoms with van der Waals surface area (Å²) < 4.78 is 0. The van der Waals surface area contributed by atoms with Crippen LogP contribution in [0.15, 0.2) is 24.5 Å². The average Bonchev–Trinajstić information content (AvgIpc) is 2.78. The van der Waals surface area contributed by atoms with Crippen molar-refractivity contribution in [3.63, 3.8) is 0 Å². The molecule has 3 aliphatic rings. The summed E-state index contributed by atoms with van der Waals surface area (Å²) >= 11 is 0. The van der Waals surface area contributed by atoms with E-state index < -0.39 is 0 Å². The van der Waals surface area contributed by atoms with Crippen LogP contribution >= 0.6 is 0 Å². The summed E-state index contributed by atoms with van der Waals surface area (Å²) in [5.74, 6) is 0.150. The average molecular weight is 288 g/mol. The van der Waals surface area contributed by atoms with Gasteiger partial charge in [-0.1, -0.05) is 0 Å². The highest BCUT2D eigenvalue weighted by molar-refractivity contribution is 5.94. The molecule has 4 rings (SSSR count). The lowest BCUT2D eigenvalue weighted by Crippen LogP contribution is -2.47. The van der Waals surface area contributed by atoms with Gasteiger partial charge in [-0.15, -0.1) is 0 Å². The molecule has 0 unspecified atom stereocenters. The van der Waals surface area contributed by atoms with Gasteiger partial charge in [-0.3, -0.25) is 19.5 Å². The fraction of sp³-hybridized carbons (Fsp3) is 0.533. The minimum Gasteiger partial charge on any atom is -0.369 e. The first-order chi connectivity index (χ1) is 10.1. The third-order valence-electron chi connectivity index (χ3n) is 4.38. The van der Waals surface area contributed by atoms with Crippen molar-refractivity contribution in [2.24, 2.45) is 11.7 Å². The highest BCUT2D eigenvalue weighted by Gasteiger charge is 2.36. The molecule has 2 N–H and O–H groups in total. The number of nitrogens with zero attached hydrogens (tertiary/aromatic N) is 3. The van der Waals surface area contributed by atoms with Crippen molar-refractivity contribution in [2.45, 2.75) is 18.9 Å². The van der Waals surface area contributed by atoms with Gasteiger partial charge in [0.1, 0.15) is 0 Å². The van der Waals surface area contributed by atoms with Gasteiger partial charge in [-0.05, 0) is 30.9 Å². The van der Waals surface area contributed by atoms with Crippen molar-refractivity contribution >= 4 is 11.8 Å². The van der Waals surface area contributed by atoms with E-state index in [4.69, 9.17) is 5.73 Å². The van der Waals surface area contributed by atoms with Crippen molar-refractivity contribution in [2.75, 3.05) is 26.2 Å². The molecule has 2 amide bonds. The van der Waals surface area contributed by atoms with Crippen LogP contribution in [0.25, 0.3) is 0 Å². The zero-order valence-electron chi connectivity index (χ0n) is 11.9. The quantitative estimate of drug-likeness (QED) is 0.855. The zero-order chi connectivity index (χ0) is 14.8. The lowest BCUT2D eigenvalue weighted by molar-refractivity contribution is -0.120. The Labute approximate surface area is 123 Å².